The first-order valence-electron chi connectivity index (χ1n) is 8.21. The third-order valence-electron chi connectivity index (χ3n) is 3.89. The predicted molar refractivity (Wildman–Crippen MR) is 90.1 cm³/mol. The second kappa shape index (κ2) is 8.09. The summed E-state index contributed by atoms with van der Waals surface area (Å²) in [6, 6.07) is 5.96. The Bertz CT molecular complexity index is 679. The molecule has 0 aliphatic heterocycles. The molecule has 3 rings (SSSR count). The van der Waals surface area contributed by atoms with Crippen LogP contribution in [0.2, 0.25) is 0 Å². The fraction of sp³-hybridized carbons (Fsp3) is 0.556. The largest absolute Gasteiger partial charge is 0.439 e. The van der Waals surface area contributed by atoms with Gasteiger partial charge in [-0.05, 0) is 37.6 Å². The quantitative estimate of drug-likeness (QED) is 0.906. The fourth-order valence-corrected chi connectivity index (χ4v) is 2.65. The number of aromatic nitrogens is 1. The summed E-state index contributed by atoms with van der Waals surface area (Å²) in [6.07, 6.45) is 4.60. The maximum Gasteiger partial charge on any atom is 0.198 e. The lowest BCUT2D eigenvalue weighted by Gasteiger charge is -2.00. The number of hydrogen-bond acceptors (Lipinski definition) is 5. The zero-order valence-corrected chi connectivity index (χ0v) is 14.1. The van der Waals surface area contributed by atoms with Crippen molar-refractivity contribution in [2.24, 2.45) is 0 Å². The molecule has 1 aliphatic carbocycles. The highest BCUT2D eigenvalue weighted by atomic mass is 16.3. The smallest absolute Gasteiger partial charge is 0.198 e. The Hall–Kier alpha value is -1.90. The van der Waals surface area contributed by atoms with Gasteiger partial charge in [0.15, 0.2) is 11.5 Å². The number of oxazole rings is 1. The zero-order valence-electron chi connectivity index (χ0n) is 14.1. The van der Waals surface area contributed by atoms with Crippen molar-refractivity contribution in [2.75, 3.05) is 7.05 Å². The van der Waals surface area contributed by atoms with Crippen molar-refractivity contribution < 1.29 is 9.52 Å². The minimum absolute atomic E-state index is 0.0463. The van der Waals surface area contributed by atoms with E-state index >= 15 is 0 Å². The molecule has 0 unspecified atom stereocenters. The molecule has 1 saturated carbocycles. The summed E-state index contributed by atoms with van der Waals surface area (Å²) in [5.41, 5.74) is 2.95. The molecule has 2 aromatic rings. The topological polar surface area (TPSA) is 82.1 Å². The zero-order chi connectivity index (χ0) is 16.8. The van der Waals surface area contributed by atoms with Crippen molar-refractivity contribution in [3.05, 3.63) is 29.2 Å². The average molecular weight is 315 g/mol. The lowest BCUT2D eigenvalue weighted by atomic mass is 10.1. The summed E-state index contributed by atoms with van der Waals surface area (Å²) in [5.74, 6) is 0.903. The van der Waals surface area contributed by atoms with E-state index < -0.39 is 0 Å². The summed E-state index contributed by atoms with van der Waals surface area (Å²) in [6.45, 7) is 4.75. The van der Waals surface area contributed by atoms with Gasteiger partial charge in [0.05, 0.1) is 11.7 Å². The Kier molecular flexibility index (Phi) is 6.14. The molecule has 1 fully saturated rings. The lowest BCUT2D eigenvalue weighted by Crippen LogP contribution is -2.05. The first kappa shape index (κ1) is 17.5. The summed E-state index contributed by atoms with van der Waals surface area (Å²) < 4.78 is 5.63. The van der Waals surface area contributed by atoms with Crippen LogP contribution in [0.15, 0.2) is 16.5 Å². The van der Waals surface area contributed by atoms with Crippen LogP contribution >= 0.6 is 0 Å². The van der Waals surface area contributed by atoms with E-state index in [2.05, 4.69) is 16.4 Å². The van der Waals surface area contributed by atoms with Gasteiger partial charge in [-0.1, -0.05) is 26.7 Å². The normalized spacial score (nSPS) is 14.8. The first-order valence-corrected chi connectivity index (χ1v) is 8.21. The third-order valence-corrected chi connectivity index (χ3v) is 3.89. The van der Waals surface area contributed by atoms with Gasteiger partial charge in [-0.2, -0.15) is 5.26 Å². The van der Waals surface area contributed by atoms with Crippen LogP contribution in [0.25, 0.3) is 11.1 Å². The number of fused-ring (bicyclic) bond motifs is 1. The molecule has 1 aromatic carbocycles. The van der Waals surface area contributed by atoms with Crippen LogP contribution in [-0.4, -0.2) is 23.2 Å². The standard InChI is InChI=1S/C13H15N3O.C5H10O/c1-8(2)13-16-11-5-9(7-15-3)4-10(6-14)12(11)17-13;6-5-3-1-2-4-5/h4-5,8,15H,7H2,1-3H3;5-6H,1-4H2. The van der Waals surface area contributed by atoms with E-state index in [1.807, 2.05) is 33.0 Å². The van der Waals surface area contributed by atoms with Crippen molar-refractivity contribution in [3.63, 3.8) is 0 Å². The molecular weight excluding hydrogens is 290 g/mol. The van der Waals surface area contributed by atoms with Crippen LogP contribution in [0.1, 0.15) is 62.5 Å². The molecule has 0 bridgehead atoms. The number of nitriles is 1. The molecule has 1 aromatic heterocycles. The second-order valence-electron chi connectivity index (χ2n) is 6.28. The van der Waals surface area contributed by atoms with Crippen molar-refractivity contribution >= 4 is 11.1 Å². The Morgan fingerprint density at radius 2 is 2.09 bits per heavy atom. The third kappa shape index (κ3) is 4.54. The number of aliphatic hydroxyl groups excluding tert-OH is 1. The van der Waals surface area contributed by atoms with Gasteiger partial charge in [-0.25, -0.2) is 4.98 Å². The highest BCUT2D eigenvalue weighted by Gasteiger charge is 2.13. The van der Waals surface area contributed by atoms with Crippen LogP contribution in [0.5, 0.6) is 0 Å². The Balaban J connectivity index is 0.000000268. The van der Waals surface area contributed by atoms with Crippen LogP contribution < -0.4 is 5.32 Å². The molecule has 1 aliphatic rings. The highest BCUT2D eigenvalue weighted by molar-refractivity contribution is 5.80. The summed E-state index contributed by atoms with van der Waals surface area (Å²) in [5, 5.41) is 20.9. The SMILES string of the molecule is CNCc1cc(C#N)c2oc(C(C)C)nc2c1.OC1CCCC1. The van der Waals surface area contributed by atoms with E-state index in [4.69, 9.17) is 14.8 Å². The minimum Gasteiger partial charge on any atom is -0.439 e. The summed E-state index contributed by atoms with van der Waals surface area (Å²) in [4.78, 5) is 4.42. The molecule has 0 spiro atoms. The summed E-state index contributed by atoms with van der Waals surface area (Å²) >= 11 is 0. The van der Waals surface area contributed by atoms with Gasteiger partial charge in [-0.3, -0.25) is 0 Å². The van der Waals surface area contributed by atoms with Crippen molar-refractivity contribution in [3.8, 4) is 6.07 Å². The molecule has 124 valence electrons. The molecule has 0 radical (unpaired) electrons. The molecule has 0 atom stereocenters. The van der Waals surface area contributed by atoms with E-state index in [9.17, 15) is 0 Å². The molecule has 2 N–H and O–H groups in total. The predicted octanol–water partition coefficient (Wildman–Crippen LogP) is 3.46. The van der Waals surface area contributed by atoms with Gasteiger partial charge < -0.3 is 14.8 Å². The van der Waals surface area contributed by atoms with E-state index in [-0.39, 0.29) is 12.0 Å². The van der Waals surface area contributed by atoms with Gasteiger partial charge in [0.25, 0.3) is 0 Å². The van der Waals surface area contributed by atoms with Crippen LogP contribution in [0, 0.1) is 11.3 Å². The van der Waals surface area contributed by atoms with Crippen molar-refractivity contribution in [1.29, 1.82) is 5.26 Å². The van der Waals surface area contributed by atoms with Crippen LogP contribution in [-0.2, 0) is 6.54 Å². The van der Waals surface area contributed by atoms with Gasteiger partial charge in [0.1, 0.15) is 11.6 Å². The lowest BCUT2D eigenvalue weighted by molar-refractivity contribution is 0.183. The molecule has 0 saturated heterocycles. The van der Waals surface area contributed by atoms with Crippen LogP contribution in [0.4, 0.5) is 0 Å². The molecular formula is C18H25N3O2. The fourth-order valence-electron chi connectivity index (χ4n) is 2.65. The maximum absolute atomic E-state index is 9.12. The summed E-state index contributed by atoms with van der Waals surface area (Å²) in [7, 11) is 1.87. The monoisotopic (exact) mass is 315 g/mol. The number of nitrogens with one attached hydrogen (secondary N) is 1. The molecule has 5 nitrogen and oxygen atoms in total. The van der Waals surface area contributed by atoms with Crippen molar-refractivity contribution in [1.82, 2.24) is 10.3 Å². The number of rotatable bonds is 3. The second-order valence-corrected chi connectivity index (χ2v) is 6.28. The van der Waals surface area contributed by atoms with E-state index in [1.54, 1.807) is 0 Å². The maximum atomic E-state index is 9.12. The van der Waals surface area contributed by atoms with Crippen molar-refractivity contribution in [2.45, 2.75) is 58.1 Å². The molecule has 5 heteroatoms. The number of benzene rings is 1. The van der Waals surface area contributed by atoms with Gasteiger partial charge in [0.2, 0.25) is 0 Å². The van der Waals surface area contributed by atoms with E-state index in [0.29, 0.717) is 23.6 Å². The number of nitrogens with zero attached hydrogens (tertiary/aromatic N) is 2. The minimum atomic E-state index is 0.0463. The molecule has 0 amide bonds. The Morgan fingerprint density at radius 3 is 2.57 bits per heavy atom. The van der Waals surface area contributed by atoms with E-state index in [1.165, 1.54) is 12.8 Å². The van der Waals surface area contributed by atoms with Crippen LogP contribution in [0.3, 0.4) is 0 Å². The highest BCUT2D eigenvalue weighted by Crippen LogP contribution is 2.25. The average Bonchev–Trinajstić information content (AvgIpc) is 3.16. The van der Waals surface area contributed by atoms with E-state index in [0.717, 1.165) is 23.9 Å². The van der Waals surface area contributed by atoms with Gasteiger partial charge >= 0.3 is 0 Å². The number of hydrogen-bond donors (Lipinski definition) is 2. The molecule has 23 heavy (non-hydrogen) atoms. The van der Waals surface area contributed by atoms with Gasteiger partial charge in [-0.15, -0.1) is 0 Å². The Labute approximate surface area is 137 Å². The van der Waals surface area contributed by atoms with Gasteiger partial charge in [0, 0.05) is 12.5 Å². The molecule has 1 heterocycles. The number of aliphatic hydroxyl groups is 1. The first-order chi connectivity index (χ1) is 11.0. The Morgan fingerprint density at radius 1 is 1.39 bits per heavy atom.